The Hall–Kier alpha value is -2.87. The lowest BCUT2D eigenvalue weighted by Crippen LogP contribution is -2.44. The summed E-state index contributed by atoms with van der Waals surface area (Å²) in [5.74, 6) is -1.49. The van der Waals surface area contributed by atoms with Gasteiger partial charge in [-0.25, -0.2) is 9.29 Å². The third-order valence-electron chi connectivity index (χ3n) is 4.05. The molecule has 0 aliphatic carbocycles. The Morgan fingerprint density at radius 2 is 1.93 bits per heavy atom. The number of esters is 1. The number of nitrogens with zero attached hydrogens (tertiary/aromatic N) is 2. The molecular weight excluding hydrogens is 371 g/mol. The first-order chi connectivity index (χ1) is 12.9. The number of hydrogen-bond donors (Lipinski definition) is 0. The maximum atomic E-state index is 13.2. The van der Waals surface area contributed by atoms with Gasteiger partial charge in [-0.2, -0.15) is 0 Å². The second-order valence-electron chi connectivity index (χ2n) is 5.93. The van der Waals surface area contributed by atoms with Crippen LogP contribution in [0, 0.1) is 12.7 Å². The van der Waals surface area contributed by atoms with Gasteiger partial charge in [0.15, 0.2) is 5.37 Å². The van der Waals surface area contributed by atoms with Crippen molar-refractivity contribution in [3.05, 3.63) is 59.9 Å². The molecule has 1 aliphatic rings. The minimum absolute atomic E-state index is 0.187. The number of carbonyl (C=O) groups is 3. The van der Waals surface area contributed by atoms with Crippen molar-refractivity contribution in [3.63, 3.8) is 0 Å². The van der Waals surface area contributed by atoms with Crippen LogP contribution in [0.4, 0.5) is 20.6 Å². The average Bonchev–Trinajstić information content (AvgIpc) is 2.94. The monoisotopic (exact) mass is 388 g/mol. The van der Waals surface area contributed by atoms with Gasteiger partial charge in [0, 0.05) is 5.69 Å². The number of hydrogen-bond acceptors (Lipinski definition) is 6. The molecule has 1 saturated heterocycles. The quantitative estimate of drug-likeness (QED) is 0.732. The minimum Gasteiger partial charge on any atom is -0.468 e. The zero-order valence-corrected chi connectivity index (χ0v) is 15.5. The van der Waals surface area contributed by atoms with E-state index in [1.807, 2.05) is 19.1 Å². The van der Waals surface area contributed by atoms with Crippen molar-refractivity contribution in [1.29, 1.82) is 0 Å². The molecule has 0 spiro atoms. The molecule has 1 heterocycles. The van der Waals surface area contributed by atoms with E-state index in [9.17, 15) is 18.8 Å². The molecule has 6 nitrogen and oxygen atoms in total. The predicted octanol–water partition coefficient (Wildman–Crippen LogP) is 3.34. The summed E-state index contributed by atoms with van der Waals surface area (Å²) in [7, 11) is 1.26. The number of methoxy groups -OCH3 is 1. The zero-order chi connectivity index (χ0) is 19.6. The lowest BCUT2D eigenvalue weighted by molar-refractivity contribution is -0.139. The van der Waals surface area contributed by atoms with E-state index in [1.54, 1.807) is 12.1 Å². The molecule has 3 rings (SSSR count). The van der Waals surface area contributed by atoms with Crippen LogP contribution in [0.5, 0.6) is 0 Å². The first-order valence-corrected chi connectivity index (χ1v) is 8.99. The van der Waals surface area contributed by atoms with Crippen molar-refractivity contribution >= 4 is 40.3 Å². The molecule has 140 valence electrons. The SMILES string of the molecule is COC(=O)CN(c1cccc(C)c1)[C@@H]1SC(=O)N(c2ccc(F)cc2)C1=O. The molecule has 0 saturated carbocycles. The maximum absolute atomic E-state index is 13.2. The summed E-state index contributed by atoms with van der Waals surface area (Å²) in [6.45, 7) is 1.70. The summed E-state index contributed by atoms with van der Waals surface area (Å²) < 4.78 is 17.9. The van der Waals surface area contributed by atoms with Crippen LogP contribution in [-0.2, 0) is 14.3 Å². The van der Waals surface area contributed by atoms with Gasteiger partial charge in [-0.05, 0) is 60.6 Å². The molecule has 1 atom stereocenters. The fraction of sp³-hybridized carbons (Fsp3) is 0.211. The van der Waals surface area contributed by atoms with Crippen molar-refractivity contribution < 1.29 is 23.5 Å². The van der Waals surface area contributed by atoms with Gasteiger partial charge in [-0.3, -0.25) is 14.4 Å². The summed E-state index contributed by atoms with van der Waals surface area (Å²) in [5.41, 5.74) is 1.85. The Kier molecular flexibility index (Phi) is 5.46. The van der Waals surface area contributed by atoms with Gasteiger partial charge < -0.3 is 9.64 Å². The number of halogens is 1. The number of amides is 2. The highest BCUT2D eigenvalue weighted by atomic mass is 32.2. The van der Waals surface area contributed by atoms with Crippen molar-refractivity contribution in [3.8, 4) is 0 Å². The third kappa shape index (κ3) is 3.95. The Morgan fingerprint density at radius 1 is 1.22 bits per heavy atom. The standard InChI is InChI=1S/C19H17FN2O4S/c1-12-4-3-5-15(10-12)21(11-16(23)26-2)18-17(24)22(19(25)27-18)14-8-6-13(20)7-9-14/h3-10,18H,11H2,1-2H3/t18-/m1/s1. The van der Waals surface area contributed by atoms with E-state index in [0.717, 1.165) is 22.2 Å². The predicted molar refractivity (Wildman–Crippen MR) is 101 cm³/mol. The zero-order valence-electron chi connectivity index (χ0n) is 14.7. The Labute approximate surface area is 159 Å². The molecule has 1 fully saturated rings. The van der Waals surface area contributed by atoms with Crippen LogP contribution in [0.15, 0.2) is 48.5 Å². The number of thioether (sulfide) groups is 1. The lowest BCUT2D eigenvalue weighted by atomic mass is 10.2. The average molecular weight is 388 g/mol. The molecule has 0 N–H and O–H groups in total. The third-order valence-corrected chi connectivity index (χ3v) is 5.12. The molecule has 0 unspecified atom stereocenters. The fourth-order valence-corrected chi connectivity index (χ4v) is 3.76. The number of rotatable bonds is 5. The number of aryl methyl sites for hydroxylation is 1. The second kappa shape index (κ2) is 7.79. The Morgan fingerprint density at radius 3 is 2.56 bits per heavy atom. The molecule has 8 heteroatoms. The summed E-state index contributed by atoms with van der Waals surface area (Å²) in [6.07, 6.45) is 0. The molecule has 2 aromatic carbocycles. The Bertz CT molecular complexity index is 888. The van der Waals surface area contributed by atoms with E-state index in [4.69, 9.17) is 4.74 Å². The van der Waals surface area contributed by atoms with E-state index in [0.29, 0.717) is 5.69 Å². The van der Waals surface area contributed by atoms with E-state index < -0.39 is 28.3 Å². The molecule has 2 amide bonds. The van der Waals surface area contributed by atoms with Crippen LogP contribution in [-0.4, -0.2) is 36.1 Å². The highest BCUT2D eigenvalue weighted by Gasteiger charge is 2.44. The largest absolute Gasteiger partial charge is 0.468 e. The molecule has 1 aliphatic heterocycles. The highest BCUT2D eigenvalue weighted by molar-refractivity contribution is 8.16. The number of imide groups is 1. The Balaban J connectivity index is 1.95. The van der Waals surface area contributed by atoms with Crippen LogP contribution in [0.3, 0.4) is 0 Å². The second-order valence-corrected chi connectivity index (χ2v) is 6.96. The molecule has 0 radical (unpaired) electrons. The number of ether oxygens (including phenoxy) is 1. The first kappa shape index (κ1) is 18.9. The number of carbonyl (C=O) groups excluding carboxylic acids is 3. The normalized spacial score (nSPS) is 16.6. The van der Waals surface area contributed by atoms with Gasteiger partial charge >= 0.3 is 5.97 Å². The van der Waals surface area contributed by atoms with Crippen LogP contribution in [0.25, 0.3) is 0 Å². The van der Waals surface area contributed by atoms with Gasteiger partial charge in [0.2, 0.25) is 0 Å². The van der Waals surface area contributed by atoms with Gasteiger partial charge in [-0.15, -0.1) is 0 Å². The van der Waals surface area contributed by atoms with Crippen LogP contribution in [0.1, 0.15) is 5.56 Å². The lowest BCUT2D eigenvalue weighted by Gasteiger charge is -2.28. The molecule has 0 bridgehead atoms. The summed E-state index contributed by atoms with van der Waals surface area (Å²) in [5, 5.41) is -1.41. The minimum atomic E-state index is -0.927. The molecule has 0 aromatic heterocycles. The van der Waals surface area contributed by atoms with Crippen molar-refractivity contribution in [1.82, 2.24) is 0 Å². The smallest absolute Gasteiger partial charge is 0.325 e. The van der Waals surface area contributed by atoms with E-state index >= 15 is 0 Å². The van der Waals surface area contributed by atoms with Crippen molar-refractivity contribution in [2.45, 2.75) is 12.3 Å². The molecule has 2 aromatic rings. The van der Waals surface area contributed by atoms with Gasteiger partial charge in [0.05, 0.1) is 12.8 Å². The molecular formula is C19H17FN2O4S. The van der Waals surface area contributed by atoms with E-state index in [2.05, 4.69) is 0 Å². The highest BCUT2D eigenvalue weighted by Crippen LogP contribution is 2.36. The van der Waals surface area contributed by atoms with E-state index in [1.165, 1.54) is 36.3 Å². The fourth-order valence-electron chi connectivity index (χ4n) is 2.74. The van der Waals surface area contributed by atoms with E-state index in [-0.39, 0.29) is 12.2 Å². The maximum Gasteiger partial charge on any atom is 0.325 e. The number of benzene rings is 2. The molecule has 27 heavy (non-hydrogen) atoms. The van der Waals surface area contributed by atoms with Crippen LogP contribution < -0.4 is 9.80 Å². The van der Waals surface area contributed by atoms with Crippen LogP contribution >= 0.6 is 11.8 Å². The summed E-state index contributed by atoms with van der Waals surface area (Å²) >= 11 is 0.804. The number of anilines is 2. The summed E-state index contributed by atoms with van der Waals surface area (Å²) in [6, 6.07) is 12.4. The van der Waals surface area contributed by atoms with Crippen molar-refractivity contribution in [2.24, 2.45) is 0 Å². The van der Waals surface area contributed by atoms with Crippen molar-refractivity contribution in [2.75, 3.05) is 23.5 Å². The summed E-state index contributed by atoms with van der Waals surface area (Å²) in [4.78, 5) is 39.9. The van der Waals surface area contributed by atoms with Gasteiger partial charge in [0.25, 0.3) is 11.1 Å². The van der Waals surface area contributed by atoms with Gasteiger partial charge in [-0.1, -0.05) is 12.1 Å². The van der Waals surface area contributed by atoms with Gasteiger partial charge in [0.1, 0.15) is 12.4 Å². The topological polar surface area (TPSA) is 66.9 Å². The first-order valence-electron chi connectivity index (χ1n) is 8.11. The van der Waals surface area contributed by atoms with Crippen LogP contribution in [0.2, 0.25) is 0 Å².